The molecular weight excluding hydrogens is 560 g/mol. The molecule has 0 unspecified atom stereocenters. The van der Waals surface area contributed by atoms with Gasteiger partial charge in [0.1, 0.15) is 29.4 Å². The molecule has 0 fully saturated rings. The Morgan fingerprint density at radius 1 is 1.09 bits per heavy atom. The summed E-state index contributed by atoms with van der Waals surface area (Å²) in [4.78, 5) is 24.8. The number of carbonyl (C=O) groups is 1. The van der Waals surface area contributed by atoms with Crippen molar-refractivity contribution in [2.24, 2.45) is 5.73 Å². The van der Waals surface area contributed by atoms with Crippen LogP contribution in [0.2, 0.25) is 0 Å². The molecule has 0 radical (unpaired) electrons. The first-order chi connectivity index (χ1) is 21.3. The quantitative estimate of drug-likeness (QED) is 0.104. The smallest absolute Gasteiger partial charge is 0.252 e. The van der Waals surface area contributed by atoms with Gasteiger partial charge in [0.25, 0.3) is 5.91 Å². The van der Waals surface area contributed by atoms with E-state index in [4.69, 9.17) is 15.6 Å². The minimum absolute atomic E-state index is 0.0720. The highest BCUT2D eigenvalue weighted by molar-refractivity contribution is 6.06. The number of carbonyl (C=O) groups excluding carboxylic acids is 1. The number of aromatic hydroxyl groups is 1. The summed E-state index contributed by atoms with van der Waals surface area (Å²) in [7, 11) is 0. The minimum atomic E-state index is -0.760. The van der Waals surface area contributed by atoms with E-state index < -0.39 is 12.0 Å². The standard InChI is InChI=1S/C33H36N6O5/c1-3-25-22(17-35-19(2)30(42)20-7-11-23(41)12-8-20)5-4-6-27(25)37-28-26(31(34)43)18-36-33-29(28)38-32(39-33)21-9-13-24(14-10-21)44-16-15-40/h4-14,18-19,30,35,40-42H,3,15-17H2,1-2H3,(H2,34,43)(H2,36,37,38,39)/t19-,30-/m0/s1. The van der Waals surface area contributed by atoms with E-state index in [-0.39, 0.29) is 30.6 Å². The van der Waals surface area contributed by atoms with E-state index in [9.17, 15) is 15.0 Å². The zero-order chi connectivity index (χ0) is 31.2. The average molecular weight is 597 g/mol. The van der Waals surface area contributed by atoms with Crippen molar-refractivity contribution in [2.75, 3.05) is 18.5 Å². The predicted octanol–water partition coefficient (Wildman–Crippen LogP) is 4.32. The fourth-order valence-electron chi connectivity index (χ4n) is 5.09. The van der Waals surface area contributed by atoms with Crippen molar-refractivity contribution in [3.8, 4) is 22.9 Å². The van der Waals surface area contributed by atoms with Crippen LogP contribution in [0.15, 0.2) is 72.9 Å². The lowest BCUT2D eigenvalue weighted by molar-refractivity contribution is 0.100. The second-order valence-corrected chi connectivity index (χ2v) is 10.4. The molecule has 11 heteroatoms. The van der Waals surface area contributed by atoms with Crippen LogP contribution in [0, 0.1) is 0 Å². The van der Waals surface area contributed by atoms with Gasteiger partial charge in [-0.3, -0.25) is 4.79 Å². The van der Waals surface area contributed by atoms with Gasteiger partial charge in [0, 0.05) is 30.0 Å². The Balaban J connectivity index is 1.42. The topological polar surface area (TPSA) is 179 Å². The van der Waals surface area contributed by atoms with E-state index in [1.807, 2.05) is 37.3 Å². The number of aromatic nitrogens is 3. The second-order valence-electron chi connectivity index (χ2n) is 10.4. The number of aliphatic hydroxyl groups excluding tert-OH is 2. The molecule has 0 spiro atoms. The van der Waals surface area contributed by atoms with Crippen molar-refractivity contribution >= 4 is 28.4 Å². The van der Waals surface area contributed by atoms with E-state index in [0.29, 0.717) is 47.0 Å². The lowest BCUT2D eigenvalue weighted by atomic mass is 10.00. The van der Waals surface area contributed by atoms with Crippen LogP contribution in [0.5, 0.6) is 11.5 Å². The highest BCUT2D eigenvalue weighted by atomic mass is 16.5. The highest BCUT2D eigenvalue weighted by Gasteiger charge is 2.20. The average Bonchev–Trinajstić information content (AvgIpc) is 3.48. The Morgan fingerprint density at radius 2 is 1.84 bits per heavy atom. The molecule has 3 aromatic carbocycles. The number of fused-ring (bicyclic) bond motifs is 1. The van der Waals surface area contributed by atoms with Crippen LogP contribution >= 0.6 is 0 Å². The van der Waals surface area contributed by atoms with Gasteiger partial charge in [0.05, 0.1) is 24.0 Å². The number of rotatable bonds is 13. The van der Waals surface area contributed by atoms with E-state index in [2.05, 4.69) is 32.5 Å². The van der Waals surface area contributed by atoms with Crippen molar-refractivity contribution in [1.29, 1.82) is 0 Å². The summed E-state index contributed by atoms with van der Waals surface area (Å²) in [5.74, 6) is 0.702. The zero-order valence-corrected chi connectivity index (χ0v) is 24.5. The molecule has 228 valence electrons. The van der Waals surface area contributed by atoms with Crippen molar-refractivity contribution in [2.45, 2.75) is 39.0 Å². The molecule has 8 N–H and O–H groups in total. The summed E-state index contributed by atoms with van der Waals surface area (Å²) in [6.45, 7) is 4.59. The number of aliphatic hydroxyl groups is 2. The number of amides is 1. The maximum absolute atomic E-state index is 12.5. The fourth-order valence-corrected chi connectivity index (χ4v) is 5.09. The van der Waals surface area contributed by atoms with Crippen LogP contribution in [0.25, 0.3) is 22.6 Å². The third kappa shape index (κ3) is 6.65. The molecule has 2 heterocycles. The summed E-state index contributed by atoms with van der Waals surface area (Å²) in [5.41, 5.74) is 11.8. The van der Waals surface area contributed by atoms with Crippen molar-refractivity contribution in [3.05, 3.63) is 95.2 Å². The number of nitrogens with zero attached hydrogens (tertiary/aromatic N) is 2. The summed E-state index contributed by atoms with van der Waals surface area (Å²) in [5, 5.41) is 36.2. The Bertz CT molecular complexity index is 1740. The van der Waals surface area contributed by atoms with Crippen molar-refractivity contribution < 1.29 is 24.9 Å². The van der Waals surface area contributed by atoms with Gasteiger partial charge in [-0.25, -0.2) is 9.97 Å². The van der Waals surface area contributed by atoms with Crippen LogP contribution in [0.4, 0.5) is 11.4 Å². The molecule has 0 saturated carbocycles. The lowest BCUT2D eigenvalue weighted by Gasteiger charge is -2.22. The van der Waals surface area contributed by atoms with Crippen LogP contribution < -0.4 is 21.1 Å². The number of benzene rings is 3. The number of primary amides is 1. The fraction of sp³-hybridized carbons (Fsp3) is 0.242. The van der Waals surface area contributed by atoms with E-state index >= 15 is 0 Å². The molecular formula is C33H36N6O5. The molecule has 0 saturated heterocycles. The predicted molar refractivity (Wildman–Crippen MR) is 169 cm³/mol. The summed E-state index contributed by atoms with van der Waals surface area (Å²) in [6, 6.07) is 19.4. The number of H-pyrrole nitrogens is 1. The Morgan fingerprint density at radius 3 is 2.52 bits per heavy atom. The van der Waals surface area contributed by atoms with E-state index in [1.54, 1.807) is 36.4 Å². The third-order valence-electron chi connectivity index (χ3n) is 7.48. The maximum atomic E-state index is 12.5. The number of pyridine rings is 1. The number of anilines is 2. The molecule has 44 heavy (non-hydrogen) atoms. The third-order valence-corrected chi connectivity index (χ3v) is 7.48. The van der Waals surface area contributed by atoms with Crippen LogP contribution in [0.3, 0.4) is 0 Å². The highest BCUT2D eigenvalue weighted by Crippen LogP contribution is 2.33. The summed E-state index contributed by atoms with van der Waals surface area (Å²) in [6.07, 6.45) is 1.37. The number of nitrogens with two attached hydrogens (primary N) is 1. The van der Waals surface area contributed by atoms with Gasteiger partial charge in [-0.05, 0) is 72.5 Å². The molecule has 0 aliphatic heterocycles. The summed E-state index contributed by atoms with van der Waals surface area (Å²) >= 11 is 0. The van der Waals surface area contributed by atoms with Gasteiger partial charge in [-0.2, -0.15) is 0 Å². The first kappa shape index (κ1) is 30.5. The van der Waals surface area contributed by atoms with Crippen LogP contribution in [0.1, 0.15) is 47.0 Å². The first-order valence-electron chi connectivity index (χ1n) is 14.4. The van der Waals surface area contributed by atoms with Crippen LogP contribution in [-0.2, 0) is 13.0 Å². The number of hydrogen-bond acceptors (Lipinski definition) is 9. The van der Waals surface area contributed by atoms with Gasteiger partial charge >= 0.3 is 0 Å². The second kappa shape index (κ2) is 13.6. The SMILES string of the molecule is CCc1c(CN[C@@H](C)[C@H](O)c2ccc(O)cc2)cccc1Nc1c(C(N)=O)cnc2nc(-c3ccc(OCCO)cc3)[nH]c12. The van der Waals surface area contributed by atoms with Gasteiger partial charge < -0.3 is 41.4 Å². The number of nitrogens with one attached hydrogen (secondary N) is 3. The van der Waals surface area contributed by atoms with Crippen molar-refractivity contribution in [1.82, 2.24) is 20.3 Å². The number of aromatic amines is 1. The normalized spacial score (nSPS) is 12.6. The van der Waals surface area contributed by atoms with Crippen LogP contribution in [-0.4, -0.2) is 55.4 Å². The van der Waals surface area contributed by atoms with E-state index in [1.165, 1.54) is 6.20 Å². The zero-order valence-electron chi connectivity index (χ0n) is 24.5. The number of phenols is 1. The lowest BCUT2D eigenvalue weighted by Crippen LogP contribution is -2.32. The van der Waals surface area contributed by atoms with Gasteiger partial charge in [-0.1, -0.05) is 31.2 Å². The van der Waals surface area contributed by atoms with E-state index in [0.717, 1.165) is 22.4 Å². The number of ether oxygens (including phenoxy) is 1. The minimum Gasteiger partial charge on any atom is -0.508 e. The molecule has 11 nitrogen and oxygen atoms in total. The molecule has 1 amide bonds. The van der Waals surface area contributed by atoms with Gasteiger partial charge in [0.15, 0.2) is 5.65 Å². The van der Waals surface area contributed by atoms with Crippen molar-refractivity contribution in [3.63, 3.8) is 0 Å². The molecule has 2 atom stereocenters. The molecule has 2 aromatic heterocycles. The Labute approximate surface area is 254 Å². The number of imidazole rings is 1. The molecule has 0 aliphatic carbocycles. The number of phenolic OH excluding ortho intramolecular Hbond substituents is 1. The monoisotopic (exact) mass is 596 g/mol. The first-order valence-corrected chi connectivity index (χ1v) is 14.4. The molecule has 0 aliphatic rings. The maximum Gasteiger partial charge on any atom is 0.252 e. The van der Waals surface area contributed by atoms with Gasteiger partial charge in [-0.15, -0.1) is 0 Å². The molecule has 5 rings (SSSR count). The largest absolute Gasteiger partial charge is 0.508 e. The molecule has 5 aromatic rings. The summed E-state index contributed by atoms with van der Waals surface area (Å²) < 4.78 is 5.45. The Kier molecular flexibility index (Phi) is 9.39. The van der Waals surface area contributed by atoms with Gasteiger partial charge in [0.2, 0.25) is 0 Å². The Hall–Kier alpha value is -4.97. The molecule has 0 bridgehead atoms. The number of hydrogen-bond donors (Lipinski definition) is 7.